The number of aromatic nitrogens is 1. The molecule has 1 aliphatic rings. The predicted molar refractivity (Wildman–Crippen MR) is 95.9 cm³/mol. The van der Waals surface area contributed by atoms with Crippen molar-refractivity contribution in [3.63, 3.8) is 0 Å². The van der Waals surface area contributed by atoms with E-state index in [4.69, 9.17) is 0 Å². The number of fused-ring (bicyclic) bond motifs is 1. The molecule has 1 saturated heterocycles. The largest absolute Gasteiger partial charge is 0.416 e. The van der Waals surface area contributed by atoms with Crippen LogP contribution in [0.2, 0.25) is 0 Å². The fourth-order valence-corrected chi connectivity index (χ4v) is 3.26. The maximum absolute atomic E-state index is 12.6. The highest BCUT2D eigenvalue weighted by molar-refractivity contribution is 5.84. The van der Waals surface area contributed by atoms with Gasteiger partial charge >= 0.3 is 6.18 Å². The number of benzene rings is 2. The van der Waals surface area contributed by atoms with E-state index in [9.17, 15) is 13.2 Å². The number of likely N-dealkylation sites (tertiary alicyclic amines) is 1. The number of anilines is 1. The molecule has 0 bridgehead atoms. The molecule has 1 aliphatic heterocycles. The number of pyridine rings is 1. The smallest absolute Gasteiger partial charge is 0.380 e. The Kier molecular flexibility index (Phi) is 4.28. The van der Waals surface area contributed by atoms with E-state index in [1.54, 1.807) is 18.3 Å². The van der Waals surface area contributed by atoms with Gasteiger partial charge in [0, 0.05) is 43.1 Å². The van der Waals surface area contributed by atoms with Gasteiger partial charge in [-0.25, -0.2) is 0 Å². The number of nitrogens with zero attached hydrogens (tertiary/aromatic N) is 2. The third-order valence-corrected chi connectivity index (χ3v) is 4.66. The zero-order valence-electron chi connectivity index (χ0n) is 14.0. The van der Waals surface area contributed by atoms with Gasteiger partial charge in [-0.15, -0.1) is 0 Å². The van der Waals surface area contributed by atoms with E-state index in [0.29, 0.717) is 12.6 Å². The Bertz CT molecular complexity index is 900. The first-order chi connectivity index (χ1) is 12.5. The summed E-state index contributed by atoms with van der Waals surface area (Å²) in [6.45, 7) is 2.41. The zero-order valence-corrected chi connectivity index (χ0v) is 14.0. The first-order valence-corrected chi connectivity index (χ1v) is 8.46. The number of alkyl halides is 3. The van der Waals surface area contributed by atoms with Crippen molar-refractivity contribution in [2.75, 3.05) is 18.4 Å². The lowest BCUT2D eigenvalue weighted by molar-refractivity contribution is -0.137. The van der Waals surface area contributed by atoms with Crippen LogP contribution in [0, 0.1) is 0 Å². The number of hydrogen-bond acceptors (Lipinski definition) is 3. The van der Waals surface area contributed by atoms with Crippen molar-refractivity contribution in [2.24, 2.45) is 0 Å². The van der Waals surface area contributed by atoms with E-state index < -0.39 is 11.7 Å². The molecule has 1 N–H and O–H groups in total. The third kappa shape index (κ3) is 3.65. The van der Waals surface area contributed by atoms with Crippen LogP contribution < -0.4 is 5.32 Å². The Hall–Kier alpha value is -2.60. The molecular formula is C20H18F3N3. The van der Waals surface area contributed by atoms with Crippen molar-refractivity contribution in [1.29, 1.82) is 0 Å². The molecule has 0 unspecified atom stereocenters. The van der Waals surface area contributed by atoms with Crippen LogP contribution in [0.5, 0.6) is 0 Å². The fourth-order valence-electron chi connectivity index (χ4n) is 3.26. The second-order valence-electron chi connectivity index (χ2n) is 6.67. The van der Waals surface area contributed by atoms with Crippen LogP contribution in [0.25, 0.3) is 10.8 Å². The number of halogens is 3. The summed E-state index contributed by atoms with van der Waals surface area (Å²) in [5.74, 6) is 0. The van der Waals surface area contributed by atoms with Gasteiger partial charge in [0.2, 0.25) is 0 Å². The Morgan fingerprint density at radius 2 is 1.77 bits per heavy atom. The molecule has 3 aromatic rings. The van der Waals surface area contributed by atoms with E-state index in [-0.39, 0.29) is 0 Å². The molecule has 0 radical (unpaired) electrons. The first kappa shape index (κ1) is 16.8. The molecule has 26 heavy (non-hydrogen) atoms. The van der Waals surface area contributed by atoms with Gasteiger partial charge in [-0.3, -0.25) is 9.88 Å². The Labute approximate surface area is 149 Å². The molecule has 1 fully saturated rings. The maximum Gasteiger partial charge on any atom is 0.416 e. The molecule has 1 aromatic heterocycles. The number of rotatable bonds is 4. The molecule has 2 heterocycles. The van der Waals surface area contributed by atoms with Crippen molar-refractivity contribution < 1.29 is 13.2 Å². The van der Waals surface area contributed by atoms with Crippen molar-refractivity contribution in [3.05, 3.63) is 72.1 Å². The monoisotopic (exact) mass is 357 g/mol. The summed E-state index contributed by atoms with van der Waals surface area (Å²) in [7, 11) is 0. The van der Waals surface area contributed by atoms with Gasteiger partial charge in [0.25, 0.3) is 0 Å². The van der Waals surface area contributed by atoms with E-state index in [2.05, 4.69) is 21.3 Å². The van der Waals surface area contributed by atoms with Crippen LogP contribution in [0.4, 0.5) is 18.9 Å². The lowest BCUT2D eigenvalue weighted by atomic mass is 10.1. The Morgan fingerprint density at radius 3 is 2.50 bits per heavy atom. The van der Waals surface area contributed by atoms with E-state index in [0.717, 1.165) is 47.2 Å². The highest BCUT2D eigenvalue weighted by Gasteiger charge is 2.30. The molecule has 4 rings (SSSR count). The molecule has 0 atom stereocenters. The van der Waals surface area contributed by atoms with Gasteiger partial charge in [-0.05, 0) is 41.3 Å². The summed E-state index contributed by atoms with van der Waals surface area (Å²) in [6, 6.07) is 13.9. The van der Waals surface area contributed by atoms with E-state index in [1.165, 1.54) is 0 Å². The van der Waals surface area contributed by atoms with Crippen molar-refractivity contribution in [2.45, 2.75) is 18.8 Å². The highest BCUT2D eigenvalue weighted by atomic mass is 19.4. The molecule has 3 nitrogen and oxygen atoms in total. The van der Waals surface area contributed by atoms with Crippen molar-refractivity contribution in [1.82, 2.24) is 9.88 Å². The lowest BCUT2D eigenvalue weighted by Gasteiger charge is -2.40. The molecule has 0 amide bonds. The molecular weight excluding hydrogens is 339 g/mol. The molecule has 0 saturated carbocycles. The van der Waals surface area contributed by atoms with Crippen LogP contribution in [-0.4, -0.2) is 29.0 Å². The minimum atomic E-state index is -4.28. The average Bonchev–Trinajstić information content (AvgIpc) is 2.59. The SMILES string of the molecule is FC(F)(F)c1ccc(CN2CC(Nc3ccc4cnccc4c3)C2)cc1. The average molecular weight is 357 g/mol. The topological polar surface area (TPSA) is 28.2 Å². The summed E-state index contributed by atoms with van der Waals surface area (Å²) >= 11 is 0. The molecule has 6 heteroatoms. The quantitative estimate of drug-likeness (QED) is 0.742. The number of hydrogen-bond donors (Lipinski definition) is 1. The van der Waals surface area contributed by atoms with Gasteiger partial charge in [-0.1, -0.05) is 18.2 Å². The summed E-state index contributed by atoms with van der Waals surface area (Å²) in [4.78, 5) is 6.32. The normalized spacial score (nSPS) is 15.8. The van der Waals surface area contributed by atoms with Crippen molar-refractivity contribution in [3.8, 4) is 0 Å². The zero-order chi connectivity index (χ0) is 18.1. The van der Waals surface area contributed by atoms with Crippen LogP contribution in [0.3, 0.4) is 0 Å². The number of nitrogens with one attached hydrogen (secondary N) is 1. The molecule has 134 valence electrons. The van der Waals surface area contributed by atoms with E-state index >= 15 is 0 Å². The highest BCUT2D eigenvalue weighted by Crippen LogP contribution is 2.29. The van der Waals surface area contributed by atoms with Crippen LogP contribution >= 0.6 is 0 Å². The van der Waals surface area contributed by atoms with Gasteiger partial charge in [0.15, 0.2) is 0 Å². The maximum atomic E-state index is 12.6. The first-order valence-electron chi connectivity index (χ1n) is 8.46. The molecule has 0 spiro atoms. The van der Waals surface area contributed by atoms with Crippen LogP contribution in [-0.2, 0) is 12.7 Å². The molecule has 0 aliphatic carbocycles. The third-order valence-electron chi connectivity index (χ3n) is 4.66. The summed E-state index contributed by atoms with van der Waals surface area (Å²) in [5, 5.41) is 5.76. The standard InChI is InChI=1S/C20H18F3N3/c21-20(22,23)17-4-1-14(2-5-17)11-26-12-19(13-26)25-18-6-3-16-10-24-8-7-15(16)9-18/h1-10,19,25H,11-13H2. The van der Waals surface area contributed by atoms with Crippen LogP contribution in [0.15, 0.2) is 60.9 Å². The second-order valence-corrected chi connectivity index (χ2v) is 6.67. The minimum Gasteiger partial charge on any atom is -0.380 e. The second kappa shape index (κ2) is 6.61. The lowest BCUT2D eigenvalue weighted by Crippen LogP contribution is -2.53. The fraction of sp³-hybridized carbons (Fsp3) is 0.250. The van der Waals surface area contributed by atoms with Gasteiger partial charge in [-0.2, -0.15) is 13.2 Å². The van der Waals surface area contributed by atoms with Gasteiger partial charge in [0.05, 0.1) is 11.6 Å². The van der Waals surface area contributed by atoms with Gasteiger partial charge in [0.1, 0.15) is 0 Å². The van der Waals surface area contributed by atoms with Crippen LogP contribution in [0.1, 0.15) is 11.1 Å². The van der Waals surface area contributed by atoms with E-state index in [1.807, 2.05) is 24.4 Å². The summed E-state index contributed by atoms with van der Waals surface area (Å²) in [6.07, 6.45) is -0.657. The summed E-state index contributed by atoms with van der Waals surface area (Å²) < 4.78 is 37.8. The minimum absolute atomic E-state index is 0.351. The Balaban J connectivity index is 1.31. The summed E-state index contributed by atoms with van der Waals surface area (Å²) in [5.41, 5.74) is 1.37. The van der Waals surface area contributed by atoms with Gasteiger partial charge < -0.3 is 5.32 Å². The van der Waals surface area contributed by atoms with Crippen molar-refractivity contribution >= 4 is 16.5 Å². The predicted octanol–water partition coefficient (Wildman–Crippen LogP) is 4.55. The Morgan fingerprint density at radius 1 is 1.00 bits per heavy atom. The molecule has 2 aromatic carbocycles.